The molecule has 0 heterocycles. The van der Waals surface area contributed by atoms with Gasteiger partial charge in [-0.2, -0.15) is 0 Å². The number of phenolic OH excluding ortho intramolecular Hbond substituents is 2. The van der Waals surface area contributed by atoms with Crippen molar-refractivity contribution in [1.82, 2.24) is 0 Å². The number of hydrogen-bond acceptors (Lipinski definition) is 6. The largest absolute Gasteiger partial charge is 0.506 e. The molecule has 0 unspecified atom stereocenters. The number of rotatable bonds is 4. The second-order valence-corrected chi connectivity index (χ2v) is 6.61. The van der Waals surface area contributed by atoms with Crippen molar-refractivity contribution in [2.45, 2.75) is 0 Å². The summed E-state index contributed by atoms with van der Waals surface area (Å²) in [4.78, 5) is 0. The number of fused-ring (bicyclic) bond motifs is 1. The highest BCUT2D eigenvalue weighted by atomic mass is 16.5. The molecule has 0 radical (unpaired) electrons. The fourth-order valence-corrected chi connectivity index (χ4v) is 3.02. The highest BCUT2D eigenvalue weighted by Gasteiger charge is 2.11. The van der Waals surface area contributed by atoms with Crippen LogP contribution in [0.5, 0.6) is 34.5 Å². The summed E-state index contributed by atoms with van der Waals surface area (Å²) in [6.45, 7) is 0. The summed E-state index contributed by atoms with van der Waals surface area (Å²) in [7, 11) is 0. The van der Waals surface area contributed by atoms with Crippen molar-refractivity contribution in [1.29, 1.82) is 0 Å². The van der Waals surface area contributed by atoms with Crippen molar-refractivity contribution in [3.63, 3.8) is 0 Å². The van der Waals surface area contributed by atoms with Gasteiger partial charge in [-0.05, 0) is 53.9 Å². The van der Waals surface area contributed by atoms with Crippen molar-refractivity contribution in [3.05, 3.63) is 72.3 Å². The number of terminal acetylenes is 1. The number of benzene rings is 4. The standard InChI is InChI=1S/C24H18N2O4/c1-2-18-19-7-4-15(29-16-5-8-20(25)22(27)12-16)11-14(19)3-10-24(18)30-17-6-9-21(26)23(28)13-17/h1,3-13,27-28H,25-26H2. The predicted octanol–water partition coefficient (Wildman–Crippen LogP) is 4.98. The van der Waals surface area contributed by atoms with Gasteiger partial charge in [0.05, 0.1) is 16.9 Å². The van der Waals surface area contributed by atoms with E-state index in [2.05, 4.69) is 5.92 Å². The van der Waals surface area contributed by atoms with E-state index in [0.717, 1.165) is 10.8 Å². The number of nitrogen functional groups attached to an aromatic ring is 2. The molecule has 0 aliphatic heterocycles. The second kappa shape index (κ2) is 7.49. The molecule has 0 saturated carbocycles. The first kappa shape index (κ1) is 18.8. The van der Waals surface area contributed by atoms with Crippen LogP contribution in [0.25, 0.3) is 10.8 Å². The van der Waals surface area contributed by atoms with E-state index in [-0.39, 0.29) is 22.9 Å². The Hall–Kier alpha value is -4.50. The maximum Gasteiger partial charge on any atom is 0.143 e. The third-order valence-corrected chi connectivity index (χ3v) is 4.56. The molecule has 4 aromatic rings. The van der Waals surface area contributed by atoms with Crippen LogP contribution in [0.2, 0.25) is 0 Å². The van der Waals surface area contributed by atoms with Gasteiger partial charge >= 0.3 is 0 Å². The zero-order valence-corrected chi connectivity index (χ0v) is 15.8. The molecular formula is C24H18N2O4. The van der Waals surface area contributed by atoms with Gasteiger partial charge in [-0.3, -0.25) is 0 Å². The quantitative estimate of drug-likeness (QED) is 0.219. The molecule has 0 fully saturated rings. The minimum absolute atomic E-state index is 0.0431. The van der Waals surface area contributed by atoms with E-state index in [1.54, 1.807) is 36.4 Å². The molecule has 0 aromatic heterocycles. The third-order valence-electron chi connectivity index (χ3n) is 4.56. The van der Waals surface area contributed by atoms with Crippen molar-refractivity contribution in [3.8, 4) is 46.8 Å². The Bertz CT molecular complexity index is 1310. The van der Waals surface area contributed by atoms with Crippen LogP contribution in [0.3, 0.4) is 0 Å². The van der Waals surface area contributed by atoms with Crippen LogP contribution >= 0.6 is 0 Å². The summed E-state index contributed by atoms with van der Waals surface area (Å²) in [6.07, 6.45) is 5.75. The van der Waals surface area contributed by atoms with Gasteiger partial charge in [0.15, 0.2) is 0 Å². The molecule has 0 aliphatic carbocycles. The Morgan fingerprint density at radius 3 is 1.87 bits per heavy atom. The zero-order chi connectivity index (χ0) is 21.3. The molecule has 0 aliphatic rings. The number of aromatic hydroxyl groups is 2. The summed E-state index contributed by atoms with van der Waals surface area (Å²) < 4.78 is 11.7. The summed E-state index contributed by atoms with van der Waals surface area (Å²) in [5, 5.41) is 21.2. The van der Waals surface area contributed by atoms with E-state index < -0.39 is 0 Å². The molecule has 0 saturated heterocycles. The Morgan fingerprint density at radius 2 is 1.27 bits per heavy atom. The normalized spacial score (nSPS) is 10.5. The highest BCUT2D eigenvalue weighted by Crippen LogP contribution is 2.36. The lowest BCUT2D eigenvalue weighted by molar-refractivity contribution is 0.455. The van der Waals surface area contributed by atoms with Gasteiger partial charge in [0.25, 0.3) is 0 Å². The maximum absolute atomic E-state index is 9.78. The molecule has 0 bridgehead atoms. The van der Waals surface area contributed by atoms with Crippen LogP contribution < -0.4 is 20.9 Å². The molecule has 148 valence electrons. The molecule has 0 spiro atoms. The number of hydrogen-bond donors (Lipinski definition) is 4. The van der Waals surface area contributed by atoms with E-state index in [1.807, 2.05) is 18.2 Å². The topological polar surface area (TPSA) is 111 Å². The number of anilines is 2. The molecule has 30 heavy (non-hydrogen) atoms. The summed E-state index contributed by atoms with van der Waals surface area (Å²) in [5.74, 6) is 4.49. The molecule has 6 heteroatoms. The lowest BCUT2D eigenvalue weighted by Crippen LogP contribution is -1.92. The summed E-state index contributed by atoms with van der Waals surface area (Å²) in [6, 6.07) is 18.4. The Morgan fingerprint density at radius 1 is 0.700 bits per heavy atom. The van der Waals surface area contributed by atoms with Crippen molar-refractivity contribution in [2.75, 3.05) is 11.5 Å². The first-order chi connectivity index (χ1) is 14.4. The fourth-order valence-electron chi connectivity index (χ4n) is 3.02. The van der Waals surface area contributed by atoms with Crippen molar-refractivity contribution in [2.24, 2.45) is 0 Å². The molecule has 0 atom stereocenters. The van der Waals surface area contributed by atoms with Crippen LogP contribution in [-0.4, -0.2) is 10.2 Å². The number of ether oxygens (including phenoxy) is 2. The lowest BCUT2D eigenvalue weighted by Gasteiger charge is -2.13. The monoisotopic (exact) mass is 398 g/mol. The molecule has 4 rings (SSSR count). The van der Waals surface area contributed by atoms with Gasteiger partial charge in [-0.25, -0.2) is 0 Å². The van der Waals surface area contributed by atoms with E-state index >= 15 is 0 Å². The minimum atomic E-state index is -0.0638. The molecular weight excluding hydrogens is 380 g/mol. The van der Waals surface area contributed by atoms with Crippen molar-refractivity contribution >= 4 is 22.1 Å². The van der Waals surface area contributed by atoms with Gasteiger partial charge in [-0.15, -0.1) is 6.42 Å². The summed E-state index contributed by atoms with van der Waals surface area (Å²) >= 11 is 0. The minimum Gasteiger partial charge on any atom is -0.506 e. The average molecular weight is 398 g/mol. The van der Waals surface area contributed by atoms with E-state index in [0.29, 0.717) is 28.6 Å². The van der Waals surface area contributed by atoms with E-state index in [4.69, 9.17) is 27.4 Å². The lowest BCUT2D eigenvalue weighted by atomic mass is 10.0. The number of phenols is 2. The van der Waals surface area contributed by atoms with Crippen molar-refractivity contribution < 1.29 is 19.7 Å². The molecule has 4 aromatic carbocycles. The highest BCUT2D eigenvalue weighted by molar-refractivity contribution is 5.91. The Balaban J connectivity index is 1.67. The van der Waals surface area contributed by atoms with Gasteiger partial charge in [0.2, 0.25) is 0 Å². The first-order valence-electron chi connectivity index (χ1n) is 9.00. The van der Waals surface area contributed by atoms with Crippen LogP contribution in [0.15, 0.2) is 66.7 Å². The van der Waals surface area contributed by atoms with Gasteiger partial charge in [0.1, 0.15) is 34.5 Å². The second-order valence-electron chi connectivity index (χ2n) is 6.61. The Kier molecular flexibility index (Phi) is 4.71. The van der Waals surface area contributed by atoms with Crippen LogP contribution in [-0.2, 0) is 0 Å². The van der Waals surface area contributed by atoms with E-state index in [9.17, 15) is 10.2 Å². The van der Waals surface area contributed by atoms with Gasteiger partial charge in [-0.1, -0.05) is 12.0 Å². The van der Waals surface area contributed by atoms with Crippen LogP contribution in [0.1, 0.15) is 5.56 Å². The number of nitrogens with two attached hydrogens (primary N) is 2. The molecule has 0 amide bonds. The maximum atomic E-state index is 9.78. The van der Waals surface area contributed by atoms with Crippen LogP contribution in [0, 0.1) is 12.3 Å². The zero-order valence-electron chi connectivity index (χ0n) is 15.8. The van der Waals surface area contributed by atoms with Gasteiger partial charge < -0.3 is 31.2 Å². The first-order valence-corrected chi connectivity index (χ1v) is 9.00. The van der Waals surface area contributed by atoms with E-state index in [1.165, 1.54) is 12.1 Å². The molecule has 6 nitrogen and oxygen atoms in total. The smallest absolute Gasteiger partial charge is 0.143 e. The average Bonchev–Trinajstić information content (AvgIpc) is 2.73. The fraction of sp³-hybridized carbons (Fsp3) is 0. The SMILES string of the molecule is C#Cc1c(Oc2ccc(N)c(O)c2)ccc2cc(Oc3ccc(N)c(O)c3)ccc12. The van der Waals surface area contributed by atoms with Gasteiger partial charge in [0, 0.05) is 17.5 Å². The molecule has 6 N–H and O–H groups in total. The Labute approximate surface area is 172 Å². The summed E-state index contributed by atoms with van der Waals surface area (Å²) in [5.41, 5.74) is 12.4. The van der Waals surface area contributed by atoms with Crippen LogP contribution in [0.4, 0.5) is 11.4 Å². The third kappa shape index (κ3) is 3.60. The predicted molar refractivity (Wildman–Crippen MR) is 117 cm³/mol.